The van der Waals surface area contributed by atoms with Crippen molar-refractivity contribution >= 4 is 11.6 Å². The highest BCUT2D eigenvalue weighted by Crippen LogP contribution is 2.25. The van der Waals surface area contributed by atoms with Gasteiger partial charge in [-0.05, 0) is 55.5 Å². The van der Waals surface area contributed by atoms with Gasteiger partial charge in [-0.2, -0.15) is 0 Å². The van der Waals surface area contributed by atoms with Crippen LogP contribution in [0, 0.1) is 0 Å². The summed E-state index contributed by atoms with van der Waals surface area (Å²) in [7, 11) is 0. The van der Waals surface area contributed by atoms with E-state index in [1.165, 1.54) is 0 Å². The average molecular weight is 356 g/mol. The first-order valence-electron chi connectivity index (χ1n) is 8.83. The van der Waals surface area contributed by atoms with Gasteiger partial charge in [0, 0.05) is 18.8 Å². The fraction of sp³-hybridized carbons (Fsp3) is 0.350. The molecule has 1 N–H and O–H groups in total. The Morgan fingerprint density at radius 3 is 2.19 bits per heavy atom. The molecule has 6 nitrogen and oxygen atoms in total. The van der Waals surface area contributed by atoms with Crippen molar-refractivity contribution in [3.63, 3.8) is 0 Å². The van der Waals surface area contributed by atoms with Crippen LogP contribution in [0.15, 0.2) is 48.5 Å². The van der Waals surface area contributed by atoms with Crippen LogP contribution in [-0.2, 0) is 9.53 Å². The van der Waals surface area contributed by atoms with E-state index >= 15 is 0 Å². The van der Waals surface area contributed by atoms with Crippen LogP contribution in [0.25, 0.3) is 0 Å². The van der Waals surface area contributed by atoms with Crippen molar-refractivity contribution in [1.29, 1.82) is 0 Å². The number of anilines is 1. The van der Waals surface area contributed by atoms with Gasteiger partial charge in [-0.15, -0.1) is 0 Å². The van der Waals surface area contributed by atoms with Crippen LogP contribution in [0.3, 0.4) is 0 Å². The van der Waals surface area contributed by atoms with Gasteiger partial charge in [0.15, 0.2) is 0 Å². The molecule has 0 atom stereocenters. The van der Waals surface area contributed by atoms with Gasteiger partial charge in [-0.25, -0.2) is 0 Å². The number of ether oxygens (including phenoxy) is 3. The molecule has 3 rings (SSSR count). The molecule has 1 fully saturated rings. The highest BCUT2D eigenvalue weighted by molar-refractivity contribution is 5.92. The molecule has 2 aromatic carbocycles. The lowest BCUT2D eigenvalue weighted by atomic mass is 10.3. The zero-order chi connectivity index (χ0) is 18.2. The van der Waals surface area contributed by atoms with Crippen molar-refractivity contribution in [2.45, 2.75) is 6.92 Å². The van der Waals surface area contributed by atoms with Crippen LogP contribution < -0.4 is 14.8 Å². The van der Waals surface area contributed by atoms with E-state index in [1.54, 1.807) is 0 Å². The maximum Gasteiger partial charge on any atom is 0.238 e. The van der Waals surface area contributed by atoms with E-state index in [1.807, 2.05) is 55.5 Å². The van der Waals surface area contributed by atoms with E-state index in [4.69, 9.17) is 14.2 Å². The predicted molar refractivity (Wildman–Crippen MR) is 100 cm³/mol. The van der Waals surface area contributed by atoms with Crippen molar-refractivity contribution in [1.82, 2.24) is 4.90 Å². The summed E-state index contributed by atoms with van der Waals surface area (Å²) < 4.78 is 16.5. The number of rotatable bonds is 7. The van der Waals surface area contributed by atoms with Crippen LogP contribution in [0.5, 0.6) is 17.2 Å². The molecular formula is C20H24N2O4. The Hall–Kier alpha value is -2.57. The third-order valence-electron chi connectivity index (χ3n) is 3.98. The summed E-state index contributed by atoms with van der Waals surface area (Å²) in [5, 5.41) is 2.91. The van der Waals surface area contributed by atoms with Gasteiger partial charge in [0.25, 0.3) is 0 Å². The Labute approximate surface area is 153 Å². The van der Waals surface area contributed by atoms with Gasteiger partial charge in [-0.3, -0.25) is 9.69 Å². The minimum absolute atomic E-state index is 0.0212. The zero-order valence-electron chi connectivity index (χ0n) is 14.9. The summed E-state index contributed by atoms with van der Waals surface area (Å²) in [5.41, 5.74) is 0.752. The molecule has 138 valence electrons. The molecule has 0 aliphatic carbocycles. The summed E-state index contributed by atoms with van der Waals surface area (Å²) in [6.07, 6.45) is 0. The van der Waals surface area contributed by atoms with Crippen LogP contribution in [0.1, 0.15) is 6.92 Å². The van der Waals surface area contributed by atoms with Crippen molar-refractivity contribution in [2.75, 3.05) is 44.8 Å². The number of hydrogen-bond acceptors (Lipinski definition) is 5. The van der Waals surface area contributed by atoms with E-state index in [9.17, 15) is 4.79 Å². The monoisotopic (exact) mass is 356 g/mol. The molecule has 26 heavy (non-hydrogen) atoms. The second-order valence-electron chi connectivity index (χ2n) is 5.97. The van der Waals surface area contributed by atoms with E-state index in [0.29, 0.717) is 32.1 Å². The lowest BCUT2D eigenvalue weighted by Gasteiger charge is -2.25. The highest BCUT2D eigenvalue weighted by atomic mass is 16.5. The number of morpholine rings is 1. The Bertz CT molecular complexity index is 695. The van der Waals surface area contributed by atoms with Crippen molar-refractivity contribution < 1.29 is 19.0 Å². The maximum absolute atomic E-state index is 12.1. The van der Waals surface area contributed by atoms with Gasteiger partial charge >= 0.3 is 0 Å². The topological polar surface area (TPSA) is 60.0 Å². The van der Waals surface area contributed by atoms with Gasteiger partial charge in [0.1, 0.15) is 17.2 Å². The first-order chi connectivity index (χ1) is 12.7. The molecule has 1 saturated heterocycles. The zero-order valence-corrected chi connectivity index (χ0v) is 14.9. The summed E-state index contributed by atoms with van der Waals surface area (Å²) >= 11 is 0. The van der Waals surface area contributed by atoms with Crippen LogP contribution in [0.2, 0.25) is 0 Å². The molecule has 0 unspecified atom stereocenters. The molecule has 1 heterocycles. The van der Waals surface area contributed by atoms with Crippen LogP contribution in [-0.4, -0.2) is 50.3 Å². The van der Waals surface area contributed by atoms with Crippen LogP contribution >= 0.6 is 0 Å². The minimum Gasteiger partial charge on any atom is -0.494 e. The van der Waals surface area contributed by atoms with Gasteiger partial charge in [0.05, 0.1) is 26.4 Å². The SMILES string of the molecule is CCOc1ccc(Oc2ccc(NC(=O)CN3CCOCC3)cc2)cc1. The summed E-state index contributed by atoms with van der Waals surface area (Å²) in [6.45, 7) is 5.93. The first kappa shape index (κ1) is 18.2. The Kier molecular flexibility index (Phi) is 6.46. The molecule has 1 amide bonds. The van der Waals surface area contributed by atoms with Crippen molar-refractivity contribution in [3.8, 4) is 17.2 Å². The number of nitrogens with one attached hydrogen (secondary N) is 1. The number of hydrogen-bond donors (Lipinski definition) is 1. The minimum atomic E-state index is -0.0212. The molecule has 6 heteroatoms. The third kappa shape index (κ3) is 5.47. The number of amides is 1. The smallest absolute Gasteiger partial charge is 0.238 e. The van der Waals surface area contributed by atoms with Crippen molar-refractivity contribution in [2.24, 2.45) is 0 Å². The molecule has 0 radical (unpaired) electrons. The first-order valence-corrected chi connectivity index (χ1v) is 8.83. The molecule has 0 saturated carbocycles. The average Bonchev–Trinajstić information content (AvgIpc) is 2.66. The van der Waals surface area contributed by atoms with Crippen molar-refractivity contribution in [3.05, 3.63) is 48.5 Å². The maximum atomic E-state index is 12.1. The molecule has 2 aromatic rings. The van der Waals surface area contributed by atoms with E-state index < -0.39 is 0 Å². The number of carbonyl (C=O) groups excluding carboxylic acids is 1. The Morgan fingerprint density at radius 1 is 1.00 bits per heavy atom. The lowest BCUT2D eigenvalue weighted by molar-refractivity contribution is -0.118. The number of nitrogens with zero attached hydrogens (tertiary/aromatic N) is 1. The predicted octanol–water partition coefficient (Wildman–Crippen LogP) is 3.15. The standard InChI is InChI=1S/C20H24N2O4/c1-2-25-17-7-9-19(10-8-17)26-18-5-3-16(4-6-18)21-20(23)15-22-11-13-24-14-12-22/h3-10H,2,11-15H2,1H3,(H,21,23). The lowest BCUT2D eigenvalue weighted by Crippen LogP contribution is -2.41. The molecule has 0 spiro atoms. The Morgan fingerprint density at radius 2 is 1.58 bits per heavy atom. The quantitative estimate of drug-likeness (QED) is 0.826. The fourth-order valence-corrected chi connectivity index (χ4v) is 2.68. The van der Waals surface area contributed by atoms with E-state index in [0.717, 1.165) is 30.3 Å². The molecule has 0 bridgehead atoms. The van der Waals surface area contributed by atoms with Gasteiger partial charge in [0.2, 0.25) is 5.91 Å². The number of carbonyl (C=O) groups is 1. The summed E-state index contributed by atoms with van der Waals surface area (Å²) in [5.74, 6) is 2.24. The second-order valence-corrected chi connectivity index (χ2v) is 5.97. The molecule has 1 aliphatic heterocycles. The third-order valence-corrected chi connectivity index (χ3v) is 3.98. The second kappa shape index (κ2) is 9.22. The summed E-state index contributed by atoms with van der Waals surface area (Å²) in [6, 6.07) is 14.8. The summed E-state index contributed by atoms with van der Waals surface area (Å²) in [4.78, 5) is 14.2. The Balaban J connectivity index is 1.50. The molecule has 0 aromatic heterocycles. The van der Waals surface area contributed by atoms with E-state index in [2.05, 4.69) is 10.2 Å². The van der Waals surface area contributed by atoms with Crippen LogP contribution in [0.4, 0.5) is 5.69 Å². The van der Waals surface area contributed by atoms with E-state index in [-0.39, 0.29) is 5.91 Å². The molecule has 1 aliphatic rings. The highest BCUT2D eigenvalue weighted by Gasteiger charge is 2.14. The largest absolute Gasteiger partial charge is 0.494 e. The number of benzene rings is 2. The fourth-order valence-electron chi connectivity index (χ4n) is 2.68. The van der Waals surface area contributed by atoms with Gasteiger partial charge in [-0.1, -0.05) is 0 Å². The molecular weight excluding hydrogens is 332 g/mol. The van der Waals surface area contributed by atoms with Gasteiger partial charge < -0.3 is 19.5 Å². The normalized spacial score (nSPS) is 14.7.